The van der Waals surface area contributed by atoms with Gasteiger partial charge in [-0.05, 0) is 44.4 Å². The summed E-state index contributed by atoms with van der Waals surface area (Å²) in [6.07, 6.45) is 1.49. The van der Waals surface area contributed by atoms with Gasteiger partial charge in [-0.2, -0.15) is 0 Å². The van der Waals surface area contributed by atoms with Gasteiger partial charge >= 0.3 is 5.97 Å². The molecule has 1 aliphatic rings. The Bertz CT molecular complexity index is 518. The van der Waals surface area contributed by atoms with E-state index >= 15 is 0 Å². The Morgan fingerprint density at radius 1 is 1.35 bits per heavy atom. The standard InChI is InChI=1S/C15H18FNO3/c1-2-17(13-5-3-4-12(16)9-13)14(18)10-6-7-11(8-10)15(19)20/h3-5,9-11H,2,6-8H2,1H3,(H,19,20)/t10-,11+/m1/s1. The first-order chi connectivity index (χ1) is 9.52. The molecule has 0 aromatic heterocycles. The van der Waals surface area contributed by atoms with Crippen LogP contribution in [0.5, 0.6) is 0 Å². The van der Waals surface area contributed by atoms with Crippen LogP contribution in [0.4, 0.5) is 10.1 Å². The number of carbonyl (C=O) groups is 2. The molecule has 0 unspecified atom stereocenters. The van der Waals surface area contributed by atoms with Gasteiger partial charge in [0.15, 0.2) is 0 Å². The summed E-state index contributed by atoms with van der Waals surface area (Å²) in [6.45, 7) is 2.27. The van der Waals surface area contributed by atoms with E-state index in [1.165, 1.54) is 17.0 Å². The molecule has 0 spiro atoms. The number of aliphatic carboxylic acids is 1. The summed E-state index contributed by atoms with van der Waals surface area (Å²) in [7, 11) is 0. The van der Waals surface area contributed by atoms with Crippen molar-refractivity contribution in [2.75, 3.05) is 11.4 Å². The number of carboxylic acids is 1. The molecule has 0 radical (unpaired) electrons. The lowest BCUT2D eigenvalue weighted by Gasteiger charge is -2.24. The second-order valence-corrected chi connectivity index (χ2v) is 5.11. The van der Waals surface area contributed by atoms with Gasteiger partial charge in [0.05, 0.1) is 5.92 Å². The number of carboxylic acid groups (broad SMARTS) is 1. The van der Waals surface area contributed by atoms with E-state index in [9.17, 15) is 14.0 Å². The first-order valence-corrected chi connectivity index (χ1v) is 6.82. The molecule has 2 atom stereocenters. The highest BCUT2D eigenvalue weighted by Crippen LogP contribution is 2.33. The van der Waals surface area contributed by atoms with Gasteiger partial charge in [-0.1, -0.05) is 6.07 Å². The lowest BCUT2D eigenvalue weighted by Crippen LogP contribution is -2.35. The Labute approximate surface area is 117 Å². The molecule has 1 aliphatic carbocycles. The fraction of sp³-hybridized carbons (Fsp3) is 0.467. The summed E-state index contributed by atoms with van der Waals surface area (Å²) in [6, 6.07) is 5.91. The Hall–Kier alpha value is -1.91. The zero-order valence-electron chi connectivity index (χ0n) is 11.4. The number of hydrogen-bond acceptors (Lipinski definition) is 2. The topological polar surface area (TPSA) is 57.6 Å². The van der Waals surface area contributed by atoms with Crippen LogP contribution in [0.15, 0.2) is 24.3 Å². The lowest BCUT2D eigenvalue weighted by molar-refractivity contribution is -0.141. The fourth-order valence-electron chi connectivity index (χ4n) is 2.76. The van der Waals surface area contributed by atoms with Crippen molar-refractivity contribution < 1.29 is 19.1 Å². The molecule has 108 valence electrons. The first-order valence-electron chi connectivity index (χ1n) is 6.82. The van der Waals surface area contributed by atoms with Gasteiger partial charge in [-0.15, -0.1) is 0 Å². The number of carbonyl (C=O) groups excluding carboxylic acids is 1. The third kappa shape index (κ3) is 2.98. The molecule has 2 rings (SSSR count). The number of nitrogens with zero attached hydrogens (tertiary/aromatic N) is 1. The maximum atomic E-state index is 13.3. The van der Waals surface area contributed by atoms with Gasteiger partial charge in [-0.25, -0.2) is 4.39 Å². The summed E-state index contributed by atoms with van der Waals surface area (Å²) in [5.41, 5.74) is 0.524. The summed E-state index contributed by atoms with van der Waals surface area (Å²) >= 11 is 0. The van der Waals surface area contributed by atoms with Gasteiger partial charge in [0.1, 0.15) is 5.82 Å². The molecule has 0 aliphatic heterocycles. The Morgan fingerprint density at radius 2 is 2.05 bits per heavy atom. The van der Waals surface area contributed by atoms with E-state index in [2.05, 4.69) is 0 Å². The lowest BCUT2D eigenvalue weighted by atomic mass is 10.0. The zero-order chi connectivity index (χ0) is 14.7. The highest BCUT2D eigenvalue weighted by molar-refractivity contribution is 5.95. The molecular weight excluding hydrogens is 261 g/mol. The first kappa shape index (κ1) is 14.5. The highest BCUT2D eigenvalue weighted by Gasteiger charge is 2.35. The van der Waals surface area contributed by atoms with E-state index in [-0.39, 0.29) is 17.6 Å². The number of amides is 1. The summed E-state index contributed by atoms with van der Waals surface area (Å²) in [4.78, 5) is 24.9. The van der Waals surface area contributed by atoms with Crippen LogP contribution in [0, 0.1) is 17.7 Å². The van der Waals surface area contributed by atoms with Gasteiger partial charge in [-0.3, -0.25) is 9.59 Å². The fourth-order valence-corrected chi connectivity index (χ4v) is 2.76. The molecule has 1 aromatic carbocycles. The van der Waals surface area contributed by atoms with Crippen LogP contribution in [0.25, 0.3) is 0 Å². The van der Waals surface area contributed by atoms with Crippen LogP contribution in [0.1, 0.15) is 26.2 Å². The van der Waals surface area contributed by atoms with Crippen LogP contribution < -0.4 is 4.90 Å². The van der Waals surface area contributed by atoms with Crippen LogP contribution in [-0.4, -0.2) is 23.5 Å². The van der Waals surface area contributed by atoms with E-state index in [4.69, 9.17) is 5.11 Å². The van der Waals surface area contributed by atoms with Gasteiger partial charge < -0.3 is 10.0 Å². The molecule has 0 heterocycles. The molecule has 0 saturated heterocycles. The van der Waals surface area contributed by atoms with Crippen molar-refractivity contribution in [2.45, 2.75) is 26.2 Å². The van der Waals surface area contributed by atoms with Crippen LogP contribution in [0.2, 0.25) is 0 Å². The van der Waals surface area contributed by atoms with Crippen LogP contribution in [-0.2, 0) is 9.59 Å². The second kappa shape index (κ2) is 6.03. The van der Waals surface area contributed by atoms with E-state index < -0.39 is 11.9 Å². The minimum Gasteiger partial charge on any atom is -0.481 e. The quantitative estimate of drug-likeness (QED) is 0.921. The van der Waals surface area contributed by atoms with E-state index in [0.29, 0.717) is 31.5 Å². The molecule has 1 N–H and O–H groups in total. The van der Waals surface area contributed by atoms with Crippen molar-refractivity contribution in [3.63, 3.8) is 0 Å². The molecule has 1 fully saturated rings. The number of rotatable bonds is 4. The summed E-state index contributed by atoms with van der Waals surface area (Å²) in [5.74, 6) is -2.05. The van der Waals surface area contributed by atoms with Crippen molar-refractivity contribution in [3.8, 4) is 0 Å². The van der Waals surface area contributed by atoms with Crippen molar-refractivity contribution in [1.82, 2.24) is 0 Å². The molecule has 1 saturated carbocycles. The Morgan fingerprint density at radius 3 is 2.60 bits per heavy atom. The maximum Gasteiger partial charge on any atom is 0.306 e. The molecule has 1 amide bonds. The van der Waals surface area contributed by atoms with E-state index in [0.717, 1.165) is 0 Å². The smallest absolute Gasteiger partial charge is 0.306 e. The normalized spacial score (nSPS) is 21.7. The van der Waals surface area contributed by atoms with Gasteiger partial charge in [0.25, 0.3) is 0 Å². The van der Waals surface area contributed by atoms with E-state index in [1.54, 1.807) is 12.1 Å². The highest BCUT2D eigenvalue weighted by atomic mass is 19.1. The molecule has 5 heteroatoms. The average Bonchev–Trinajstić information content (AvgIpc) is 2.89. The third-order valence-electron chi connectivity index (χ3n) is 3.83. The average molecular weight is 279 g/mol. The molecular formula is C15H18FNO3. The van der Waals surface area contributed by atoms with Crippen LogP contribution >= 0.6 is 0 Å². The molecule has 4 nitrogen and oxygen atoms in total. The third-order valence-corrected chi connectivity index (χ3v) is 3.83. The minimum absolute atomic E-state index is 0.109. The van der Waals surface area contributed by atoms with Gasteiger partial charge in [0.2, 0.25) is 5.91 Å². The van der Waals surface area contributed by atoms with E-state index in [1.807, 2.05) is 6.92 Å². The zero-order valence-corrected chi connectivity index (χ0v) is 11.4. The number of anilines is 1. The second-order valence-electron chi connectivity index (χ2n) is 5.11. The maximum absolute atomic E-state index is 13.3. The Balaban J connectivity index is 2.12. The number of benzene rings is 1. The summed E-state index contributed by atoms with van der Waals surface area (Å²) in [5, 5.41) is 8.99. The number of hydrogen-bond donors (Lipinski definition) is 1. The predicted molar refractivity (Wildman–Crippen MR) is 72.9 cm³/mol. The van der Waals surface area contributed by atoms with Crippen molar-refractivity contribution in [2.24, 2.45) is 11.8 Å². The largest absolute Gasteiger partial charge is 0.481 e. The predicted octanol–water partition coefficient (Wildman–Crippen LogP) is 2.68. The van der Waals surface area contributed by atoms with Gasteiger partial charge in [0, 0.05) is 18.2 Å². The van der Waals surface area contributed by atoms with Crippen molar-refractivity contribution in [3.05, 3.63) is 30.1 Å². The SMILES string of the molecule is CCN(C(=O)[C@@H]1CC[C@H](C(=O)O)C1)c1cccc(F)c1. The summed E-state index contributed by atoms with van der Waals surface area (Å²) < 4.78 is 13.3. The van der Waals surface area contributed by atoms with Crippen molar-refractivity contribution in [1.29, 1.82) is 0 Å². The Kier molecular flexibility index (Phi) is 4.37. The molecule has 20 heavy (non-hydrogen) atoms. The number of halogens is 1. The minimum atomic E-state index is -0.839. The molecule has 1 aromatic rings. The monoisotopic (exact) mass is 279 g/mol. The van der Waals surface area contributed by atoms with Crippen LogP contribution in [0.3, 0.4) is 0 Å². The van der Waals surface area contributed by atoms with Crippen molar-refractivity contribution >= 4 is 17.6 Å². The molecule has 0 bridgehead atoms.